The van der Waals surface area contributed by atoms with Gasteiger partial charge in [-0.3, -0.25) is 0 Å². The zero-order chi connectivity index (χ0) is 11.2. The Kier molecular flexibility index (Phi) is 2.37. The summed E-state index contributed by atoms with van der Waals surface area (Å²) in [4.78, 5) is -0.124. The number of anilines is 1. The van der Waals surface area contributed by atoms with Crippen LogP contribution in [0.3, 0.4) is 0 Å². The molecule has 0 saturated heterocycles. The molecule has 1 aromatic carbocycles. The van der Waals surface area contributed by atoms with Gasteiger partial charge in [0.15, 0.2) is 0 Å². The molecule has 0 radical (unpaired) electrons. The molecule has 1 N–H and O–H groups in total. The van der Waals surface area contributed by atoms with Crippen molar-refractivity contribution in [2.75, 3.05) is 19.0 Å². The maximum absolute atomic E-state index is 13.0. The second-order valence-corrected chi connectivity index (χ2v) is 5.62. The molecular formula is C8H8ClFN2O2S. The molecule has 0 fully saturated rings. The molecule has 0 unspecified atom stereocenters. The lowest BCUT2D eigenvalue weighted by atomic mass is 10.3. The van der Waals surface area contributed by atoms with Gasteiger partial charge in [-0.15, -0.1) is 0 Å². The van der Waals surface area contributed by atoms with Crippen LogP contribution in [-0.4, -0.2) is 26.4 Å². The fraction of sp³-hybridized carbons (Fsp3) is 0.250. The molecule has 0 aromatic heterocycles. The van der Waals surface area contributed by atoms with Crippen molar-refractivity contribution in [2.24, 2.45) is 0 Å². The van der Waals surface area contributed by atoms with Crippen LogP contribution in [-0.2, 0) is 10.0 Å². The van der Waals surface area contributed by atoms with Gasteiger partial charge in [-0.25, -0.2) is 12.8 Å². The van der Waals surface area contributed by atoms with Crippen LogP contribution in [0.2, 0.25) is 5.02 Å². The third-order valence-electron chi connectivity index (χ3n) is 2.19. The second-order valence-electron chi connectivity index (χ2n) is 3.20. The molecule has 1 aliphatic rings. The molecule has 1 aromatic rings. The summed E-state index contributed by atoms with van der Waals surface area (Å²) < 4.78 is 37.7. The molecular weight excluding hydrogens is 243 g/mol. The van der Waals surface area contributed by atoms with Crippen molar-refractivity contribution in [3.63, 3.8) is 0 Å². The van der Waals surface area contributed by atoms with Crippen LogP contribution in [0.4, 0.5) is 10.1 Å². The van der Waals surface area contributed by atoms with E-state index in [-0.39, 0.29) is 22.3 Å². The minimum atomic E-state index is -3.62. The Bertz CT molecular complexity index is 518. The van der Waals surface area contributed by atoms with Crippen LogP contribution in [0.15, 0.2) is 17.0 Å². The number of benzene rings is 1. The zero-order valence-electron chi connectivity index (χ0n) is 7.79. The topological polar surface area (TPSA) is 49.4 Å². The maximum atomic E-state index is 13.0. The summed E-state index contributed by atoms with van der Waals surface area (Å²) in [5, 5.41) is 2.88. The van der Waals surface area contributed by atoms with Crippen molar-refractivity contribution in [1.29, 1.82) is 0 Å². The summed E-state index contributed by atoms with van der Waals surface area (Å²) in [6.07, 6.45) is 0. The SMILES string of the molecule is CN1CNc2c(Cl)cc(F)cc2S1(=O)=O. The molecule has 0 aliphatic carbocycles. The van der Waals surface area contributed by atoms with Gasteiger partial charge in [0.25, 0.3) is 0 Å². The van der Waals surface area contributed by atoms with Crippen LogP contribution in [0.25, 0.3) is 0 Å². The van der Waals surface area contributed by atoms with Crippen molar-refractivity contribution in [3.05, 3.63) is 23.0 Å². The lowest BCUT2D eigenvalue weighted by Gasteiger charge is -2.26. The van der Waals surface area contributed by atoms with E-state index >= 15 is 0 Å². The highest BCUT2D eigenvalue weighted by Crippen LogP contribution is 2.34. The molecule has 2 rings (SSSR count). The maximum Gasteiger partial charge on any atom is 0.246 e. The number of halogens is 2. The van der Waals surface area contributed by atoms with E-state index in [2.05, 4.69) is 5.32 Å². The van der Waals surface area contributed by atoms with Crippen molar-refractivity contribution in [1.82, 2.24) is 4.31 Å². The van der Waals surface area contributed by atoms with Crippen LogP contribution in [0, 0.1) is 5.82 Å². The van der Waals surface area contributed by atoms with Crippen LogP contribution in [0.1, 0.15) is 0 Å². The highest BCUT2D eigenvalue weighted by atomic mass is 35.5. The van der Waals surface area contributed by atoms with Gasteiger partial charge in [0.05, 0.1) is 17.4 Å². The number of nitrogens with one attached hydrogen (secondary N) is 1. The Hall–Kier alpha value is -0.850. The standard InChI is InChI=1S/C8H8ClFN2O2S/c1-12-4-11-8-6(9)2-5(10)3-7(8)15(12,13)14/h2-3,11H,4H2,1H3. The molecule has 82 valence electrons. The molecule has 1 heterocycles. The summed E-state index contributed by atoms with van der Waals surface area (Å²) in [6, 6.07) is 2.04. The second kappa shape index (κ2) is 3.33. The molecule has 0 amide bonds. The van der Waals surface area contributed by atoms with Crippen molar-refractivity contribution < 1.29 is 12.8 Å². The highest BCUT2D eigenvalue weighted by Gasteiger charge is 2.30. The Morgan fingerprint density at radius 1 is 1.53 bits per heavy atom. The predicted molar refractivity (Wildman–Crippen MR) is 54.8 cm³/mol. The molecule has 0 saturated carbocycles. The fourth-order valence-electron chi connectivity index (χ4n) is 1.37. The highest BCUT2D eigenvalue weighted by molar-refractivity contribution is 7.89. The summed E-state index contributed by atoms with van der Waals surface area (Å²) in [5.74, 6) is -0.667. The van der Waals surface area contributed by atoms with Gasteiger partial charge >= 0.3 is 0 Å². The fourth-order valence-corrected chi connectivity index (χ4v) is 2.97. The Labute approximate surface area is 91.7 Å². The summed E-state index contributed by atoms with van der Waals surface area (Å²) in [7, 11) is -2.21. The average Bonchev–Trinajstić information content (AvgIpc) is 2.12. The first-order chi connectivity index (χ1) is 6.93. The number of fused-ring (bicyclic) bond motifs is 1. The van der Waals surface area contributed by atoms with Crippen LogP contribution < -0.4 is 5.32 Å². The van der Waals surface area contributed by atoms with Crippen LogP contribution >= 0.6 is 11.6 Å². The first-order valence-corrected chi connectivity index (χ1v) is 5.94. The third kappa shape index (κ3) is 1.58. The van der Waals surface area contributed by atoms with E-state index in [4.69, 9.17) is 11.6 Å². The molecule has 4 nitrogen and oxygen atoms in total. The van der Waals surface area contributed by atoms with Crippen molar-refractivity contribution >= 4 is 27.3 Å². The largest absolute Gasteiger partial charge is 0.369 e. The predicted octanol–water partition coefficient (Wildman–Crippen LogP) is 1.48. The number of nitrogens with zero attached hydrogens (tertiary/aromatic N) is 1. The van der Waals surface area contributed by atoms with Crippen molar-refractivity contribution in [3.8, 4) is 0 Å². The van der Waals surface area contributed by atoms with Gasteiger partial charge < -0.3 is 5.32 Å². The van der Waals surface area contributed by atoms with Gasteiger partial charge in [0.2, 0.25) is 10.0 Å². The van der Waals surface area contributed by atoms with E-state index in [1.54, 1.807) is 0 Å². The molecule has 7 heteroatoms. The van der Waals surface area contributed by atoms with E-state index in [9.17, 15) is 12.8 Å². The Morgan fingerprint density at radius 3 is 2.87 bits per heavy atom. The summed E-state index contributed by atoms with van der Waals surface area (Å²) in [5.41, 5.74) is 0.260. The Balaban J connectivity index is 2.75. The lowest BCUT2D eigenvalue weighted by Crippen LogP contribution is -2.36. The van der Waals surface area contributed by atoms with Gasteiger partial charge in [-0.1, -0.05) is 11.6 Å². The van der Waals surface area contributed by atoms with E-state index in [1.165, 1.54) is 7.05 Å². The quantitative estimate of drug-likeness (QED) is 0.759. The smallest absolute Gasteiger partial charge is 0.246 e. The van der Waals surface area contributed by atoms with Gasteiger partial charge in [0, 0.05) is 7.05 Å². The normalized spacial score (nSPS) is 19.4. The number of hydrogen-bond acceptors (Lipinski definition) is 3. The monoisotopic (exact) mass is 250 g/mol. The zero-order valence-corrected chi connectivity index (χ0v) is 9.36. The minimum Gasteiger partial charge on any atom is -0.369 e. The number of sulfonamides is 1. The third-order valence-corrected chi connectivity index (χ3v) is 4.31. The first kappa shape index (κ1) is 10.7. The lowest BCUT2D eigenvalue weighted by molar-refractivity contribution is 0.480. The molecule has 1 aliphatic heterocycles. The number of rotatable bonds is 0. The summed E-state index contributed by atoms with van der Waals surface area (Å²) in [6.45, 7) is 0.126. The first-order valence-electron chi connectivity index (χ1n) is 4.12. The average molecular weight is 251 g/mol. The van der Waals surface area contributed by atoms with Gasteiger partial charge in [-0.05, 0) is 12.1 Å². The van der Waals surface area contributed by atoms with E-state index < -0.39 is 15.8 Å². The van der Waals surface area contributed by atoms with Gasteiger partial charge in [-0.2, -0.15) is 4.31 Å². The van der Waals surface area contributed by atoms with Crippen LogP contribution in [0.5, 0.6) is 0 Å². The van der Waals surface area contributed by atoms with Crippen molar-refractivity contribution in [2.45, 2.75) is 4.90 Å². The van der Waals surface area contributed by atoms with E-state index in [1.807, 2.05) is 0 Å². The Morgan fingerprint density at radius 2 is 2.20 bits per heavy atom. The van der Waals surface area contributed by atoms with Gasteiger partial charge in [0.1, 0.15) is 10.7 Å². The number of hydrogen-bond donors (Lipinski definition) is 1. The summed E-state index contributed by atoms with van der Waals surface area (Å²) >= 11 is 5.74. The van der Waals surface area contributed by atoms with E-state index in [0.29, 0.717) is 0 Å². The molecule has 0 spiro atoms. The molecule has 0 atom stereocenters. The molecule has 15 heavy (non-hydrogen) atoms. The van der Waals surface area contributed by atoms with E-state index in [0.717, 1.165) is 16.4 Å². The molecule has 0 bridgehead atoms. The minimum absolute atomic E-state index is 0.0710.